The van der Waals surface area contributed by atoms with E-state index in [1.165, 1.54) is 0 Å². The highest BCUT2D eigenvalue weighted by molar-refractivity contribution is 5.81. The Labute approximate surface area is 121 Å². The maximum atomic E-state index is 12.1. The first-order valence-electron chi connectivity index (χ1n) is 7.43. The maximum absolute atomic E-state index is 12.1. The van der Waals surface area contributed by atoms with Gasteiger partial charge < -0.3 is 15.0 Å². The molecule has 1 fully saturated rings. The fourth-order valence-corrected chi connectivity index (χ4v) is 2.47. The highest BCUT2D eigenvalue weighted by atomic mass is 16.5. The molecule has 1 aromatic rings. The number of likely N-dealkylation sites (tertiary alicyclic amines) is 1. The van der Waals surface area contributed by atoms with E-state index in [1.807, 2.05) is 30.3 Å². The van der Waals surface area contributed by atoms with Crippen molar-refractivity contribution in [3.63, 3.8) is 0 Å². The molecule has 1 amide bonds. The topological polar surface area (TPSA) is 41.6 Å². The fraction of sp³-hybridized carbons (Fsp3) is 0.562. The molecule has 1 unspecified atom stereocenters. The van der Waals surface area contributed by atoms with Crippen molar-refractivity contribution in [2.45, 2.75) is 38.8 Å². The SMILES string of the molecule is CCN1CCC(NC(=O)C(C)Oc2ccccc2)CC1. The molecule has 1 aliphatic heterocycles. The number of nitrogens with zero attached hydrogens (tertiary/aromatic N) is 1. The van der Waals surface area contributed by atoms with Gasteiger partial charge in [-0.05, 0) is 38.4 Å². The minimum absolute atomic E-state index is 0.0243. The Hall–Kier alpha value is -1.55. The van der Waals surface area contributed by atoms with E-state index in [9.17, 15) is 4.79 Å². The zero-order chi connectivity index (χ0) is 14.4. The Morgan fingerprint density at radius 2 is 2.00 bits per heavy atom. The largest absolute Gasteiger partial charge is 0.481 e. The molecule has 0 aromatic heterocycles. The molecule has 1 heterocycles. The van der Waals surface area contributed by atoms with Crippen molar-refractivity contribution in [1.29, 1.82) is 0 Å². The first-order chi connectivity index (χ1) is 9.69. The van der Waals surface area contributed by atoms with Gasteiger partial charge in [0.1, 0.15) is 5.75 Å². The summed E-state index contributed by atoms with van der Waals surface area (Å²) in [6, 6.07) is 9.75. The van der Waals surface area contributed by atoms with E-state index >= 15 is 0 Å². The molecule has 1 N–H and O–H groups in total. The number of piperidine rings is 1. The quantitative estimate of drug-likeness (QED) is 0.895. The summed E-state index contributed by atoms with van der Waals surface area (Å²) in [5.41, 5.74) is 0. The maximum Gasteiger partial charge on any atom is 0.260 e. The molecule has 20 heavy (non-hydrogen) atoms. The zero-order valence-electron chi connectivity index (χ0n) is 12.3. The second kappa shape index (κ2) is 7.29. The number of para-hydroxylation sites is 1. The van der Waals surface area contributed by atoms with Gasteiger partial charge in [-0.3, -0.25) is 4.79 Å². The van der Waals surface area contributed by atoms with Crippen LogP contribution in [0.4, 0.5) is 0 Å². The number of hydrogen-bond acceptors (Lipinski definition) is 3. The lowest BCUT2D eigenvalue weighted by Gasteiger charge is -2.32. The summed E-state index contributed by atoms with van der Waals surface area (Å²) >= 11 is 0. The van der Waals surface area contributed by atoms with Crippen LogP contribution in [0.5, 0.6) is 5.75 Å². The third-order valence-corrected chi connectivity index (χ3v) is 3.81. The number of nitrogens with one attached hydrogen (secondary N) is 1. The van der Waals surface area contributed by atoms with Crippen molar-refractivity contribution in [3.8, 4) is 5.75 Å². The number of carbonyl (C=O) groups excluding carboxylic acids is 1. The summed E-state index contributed by atoms with van der Waals surface area (Å²) in [5.74, 6) is 0.708. The zero-order valence-corrected chi connectivity index (χ0v) is 12.3. The van der Waals surface area contributed by atoms with Crippen LogP contribution in [-0.4, -0.2) is 42.6 Å². The molecule has 1 aromatic carbocycles. The Bertz CT molecular complexity index is 414. The minimum Gasteiger partial charge on any atom is -0.481 e. The summed E-state index contributed by atoms with van der Waals surface area (Å²) in [6.07, 6.45) is 1.59. The van der Waals surface area contributed by atoms with Crippen molar-refractivity contribution in [2.24, 2.45) is 0 Å². The number of carbonyl (C=O) groups is 1. The smallest absolute Gasteiger partial charge is 0.260 e. The van der Waals surface area contributed by atoms with Crippen LogP contribution in [0.15, 0.2) is 30.3 Å². The first-order valence-corrected chi connectivity index (χ1v) is 7.43. The van der Waals surface area contributed by atoms with Crippen LogP contribution in [0.1, 0.15) is 26.7 Å². The van der Waals surface area contributed by atoms with E-state index in [0.717, 1.165) is 38.2 Å². The molecular formula is C16H24N2O2. The van der Waals surface area contributed by atoms with Crippen molar-refractivity contribution >= 4 is 5.91 Å². The van der Waals surface area contributed by atoms with Gasteiger partial charge >= 0.3 is 0 Å². The summed E-state index contributed by atoms with van der Waals surface area (Å²) in [6.45, 7) is 7.19. The minimum atomic E-state index is -0.457. The van der Waals surface area contributed by atoms with Gasteiger partial charge in [-0.2, -0.15) is 0 Å². The standard InChI is InChI=1S/C16H24N2O2/c1-3-18-11-9-14(10-12-18)17-16(19)13(2)20-15-7-5-4-6-8-15/h4-8,13-14H,3,9-12H2,1-2H3,(H,17,19). The van der Waals surface area contributed by atoms with Crippen molar-refractivity contribution in [1.82, 2.24) is 10.2 Å². The lowest BCUT2D eigenvalue weighted by molar-refractivity contribution is -0.128. The highest BCUT2D eigenvalue weighted by Crippen LogP contribution is 2.13. The molecule has 0 bridgehead atoms. The van der Waals surface area contributed by atoms with Gasteiger partial charge in [-0.1, -0.05) is 25.1 Å². The van der Waals surface area contributed by atoms with Gasteiger partial charge in [0.2, 0.25) is 0 Å². The normalized spacial score (nSPS) is 18.5. The van der Waals surface area contributed by atoms with Gasteiger partial charge in [0.05, 0.1) is 0 Å². The van der Waals surface area contributed by atoms with Gasteiger partial charge in [0.15, 0.2) is 6.10 Å². The molecule has 1 saturated heterocycles. The van der Waals surface area contributed by atoms with Crippen molar-refractivity contribution in [2.75, 3.05) is 19.6 Å². The average molecular weight is 276 g/mol. The summed E-state index contributed by atoms with van der Waals surface area (Å²) in [4.78, 5) is 14.5. The second-order valence-corrected chi connectivity index (χ2v) is 5.29. The number of ether oxygens (including phenoxy) is 1. The Morgan fingerprint density at radius 1 is 1.35 bits per heavy atom. The van der Waals surface area contributed by atoms with Crippen LogP contribution < -0.4 is 10.1 Å². The molecule has 1 atom stereocenters. The van der Waals surface area contributed by atoms with Gasteiger partial charge in [0.25, 0.3) is 5.91 Å². The van der Waals surface area contributed by atoms with Crippen molar-refractivity contribution < 1.29 is 9.53 Å². The van der Waals surface area contributed by atoms with E-state index in [4.69, 9.17) is 4.74 Å². The van der Waals surface area contributed by atoms with E-state index in [1.54, 1.807) is 6.92 Å². The van der Waals surface area contributed by atoms with E-state index in [-0.39, 0.29) is 11.9 Å². The van der Waals surface area contributed by atoms with E-state index < -0.39 is 6.10 Å². The fourth-order valence-electron chi connectivity index (χ4n) is 2.47. The molecule has 0 radical (unpaired) electrons. The Balaban J connectivity index is 1.77. The number of benzene rings is 1. The van der Waals surface area contributed by atoms with Gasteiger partial charge in [-0.15, -0.1) is 0 Å². The lowest BCUT2D eigenvalue weighted by atomic mass is 10.0. The summed E-state index contributed by atoms with van der Waals surface area (Å²) in [5, 5.41) is 3.09. The van der Waals surface area contributed by atoms with Crippen LogP contribution in [0.25, 0.3) is 0 Å². The van der Waals surface area contributed by atoms with Gasteiger partial charge in [0, 0.05) is 19.1 Å². The average Bonchev–Trinajstić information content (AvgIpc) is 2.49. The molecule has 0 spiro atoms. The van der Waals surface area contributed by atoms with Crippen molar-refractivity contribution in [3.05, 3.63) is 30.3 Å². The molecule has 4 nitrogen and oxygen atoms in total. The Morgan fingerprint density at radius 3 is 2.60 bits per heavy atom. The Kier molecular flexibility index (Phi) is 5.41. The molecule has 0 aliphatic carbocycles. The first kappa shape index (κ1) is 14.9. The van der Waals surface area contributed by atoms with Crippen LogP contribution in [0, 0.1) is 0 Å². The molecule has 2 rings (SSSR count). The number of amides is 1. The molecule has 110 valence electrons. The summed E-state index contributed by atoms with van der Waals surface area (Å²) < 4.78 is 5.64. The predicted octanol–water partition coefficient (Wildman–Crippen LogP) is 2.05. The van der Waals surface area contributed by atoms with Crippen LogP contribution in [-0.2, 0) is 4.79 Å². The highest BCUT2D eigenvalue weighted by Gasteiger charge is 2.22. The van der Waals surface area contributed by atoms with Crippen LogP contribution >= 0.6 is 0 Å². The second-order valence-electron chi connectivity index (χ2n) is 5.29. The summed E-state index contributed by atoms with van der Waals surface area (Å²) in [7, 11) is 0. The molecule has 0 saturated carbocycles. The van der Waals surface area contributed by atoms with E-state index in [0.29, 0.717) is 0 Å². The van der Waals surface area contributed by atoms with Gasteiger partial charge in [-0.25, -0.2) is 0 Å². The lowest BCUT2D eigenvalue weighted by Crippen LogP contribution is -2.48. The third-order valence-electron chi connectivity index (χ3n) is 3.81. The van der Waals surface area contributed by atoms with Crippen LogP contribution in [0.3, 0.4) is 0 Å². The third kappa shape index (κ3) is 4.23. The van der Waals surface area contributed by atoms with Crippen LogP contribution in [0.2, 0.25) is 0 Å². The monoisotopic (exact) mass is 276 g/mol. The van der Waals surface area contributed by atoms with E-state index in [2.05, 4.69) is 17.1 Å². The number of hydrogen-bond donors (Lipinski definition) is 1. The number of rotatable bonds is 5. The predicted molar refractivity (Wildman–Crippen MR) is 79.8 cm³/mol. The molecule has 1 aliphatic rings. The molecule has 4 heteroatoms. The molecular weight excluding hydrogens is 252 g/mol.